The van der Waals surface area contributed by atoms with E-state index in [1.165, 1.54) is 14.0 Å². The molecule has 0 radical (unpaired) electrons. The third kappa shape index (κ3) is 3.36. The lowest BCUT2D eigenvalue weighted by Gasteiger charge is -2.58. The summed E-state index contributed by atoms with van der Waals surface area (Å²) in [7, 11) is 1.32. The van der Waals surface area contributed by atoms with E-state index in [0.29, 0.717) is 12.8 Å². The number of hydrogen-bond donors (Lipinski definition) is 1. The Balaban J connectivity index is 1.72. The molecule has 4 aliphatic rings. The van der Waals surface area contributed by atoms with Crippen molar-refractivity contribution in [3.05, 3.63) is 23.8 Å². The first-order valence-corrected chi connectivity index (χ1v) is 11.4. The number of aliphatic hydroxyl groups excluding tert-OH is 1. The summed E-state index contributed by atoms with van der Waals surface area (Å²) in [6, 6.07) is 0. The minimum absolute atomic E-state index is 0.0196. The molecular formula is C25H32O7. The highest BCUT2D eigenvalue weighted by Crippen LogP contribution is 2.67. The van der Waals surface area contributed by atoms with Crippen LogP contribution in [0.3, 0.4) is 0 Å². The molecule has 0 saturated heterocycles. The maximum absolute atomic E-state index is 13.2. The van der Waals surface area contributed by atoms with E-state index in [-0.39, 0.29) is 35.9 Å². The smallest absolute Gasteiger partial charge is 0.309 e. The summed E-state index contributed by atoms with van der Waals surface area (Å²) < 4.78 is 10.0. The zero-order valence-corrected chi connectivity index (χ0v) is 19.1. The number of fused-ring (bicyclic) bond motifs is 5. The molecule has 8 atom stereocenters. The van der Waals surface area contributed by atoms with Crippen LogP contribution in [0.2, 0.25) is 0 Å². The van der Waals surface area contributed by atoms with Crippen LogP contribution in [0.5, 0.6) is 0 Å². The molecule has 0 aromatic rings. The number of ketones is 2. The average molecular weight is 445 g/mol. The highest BCUT2D eigenvalue weighted by atomic mass is 16.5. The highest BCUT2D eigenvalue weighted by molar-refractivity contribution is 6.01. The molecule has 4 rings (SSSR count). The van der Waals surface area contributed by atoms with E-state index >= 15 is 0 Å². The van der Waals surface area contributed by atoms with Gasteiger partial charge in [0.15, 0.2) is 11.6 Å². The fourth-order valence-corrected chi connectivity index (χ4v) is 7.61. The Labute approximate surface area is 188 Å². The molecule has 7 heteroatoms. The summed E-state index contributed by atoms with van der Waals surface area (Å²) >= 11 is 0. The highest BCUT2D eigenvalue weighted by Gasteiger charge is 2.66. The summed E-state index contributed by atoms with van der Waals surface area (Å²) in [5.41, 5.74) is 0.0274. The number of Topliss-reactive ketones (excluding diaryl/α,β-unsaturated/α-hetero) is 1. The van der Waals surface area contributed by atoms with Crippen molar-refractivity contribution in [2.24, 2.45) is 40.4 Å². The maximum Gasteiger partial charge on any atom is 0.309 e. The van der Waals surface area contributed by atoms with Crippen LogP contribution < -0.4 is 0 Å². The van der Waals surface area contributed by atoms with Gasteiger partial charge in [0.05, 0.1) is 19.1 Å². The van der Waals surface area contributed by atoms with Crippen molar-refractivity contribution < 1.29 is 33.8 Å². The Morgan fingerprint density at radius 3 is 2.62 bits per heavy atom. The van der Waals surface area contributed by atoms with Gasteiger partial charge < -0.3 is 14.6 Å². The SMILES string of the molecule is COC(=O)[C@@H]1CC2C3CCC4=CC(=O)C=C[C@]4(C)C3[C@@H](O)C[C@]2(C)[C@H]1C(=O)COC(C)=O. The van der Waals surface area contributed by atoms with E-state index in [2.05, 4.69) is 6.92 Å². The molecule has 32 heavy (non-hydrogen) atoms. The van der Waals surface area contributed by atoms with Crippen molar-refractivity contribution in [2.75, 3.05) is 13.7 Å². The van der Waals surface area contributed by atoms with Gasteiger partial charge >= 0.3 is 11.9 Å². The van der Waals surface area contributed by atoms with Crippen molar-refractivity contribution in [3.8, 4) is 0 Å². The molecule has 0 heterocycles. The Morgan fingerprint density at radius 1 is 1.25 bits per heavy atom. The molecular weight excluding hydrogens is 412 g/mol. The van der Waals surface area contributed by atoms with Crippen LogP contribution in [0.25, 0.3) is 0 Å². The number of aliphatic hydroxyl groups is 1. The monoisotopic (exact) mass is 444 g/mol. The Hall–Kier alpha value is -2.28. The molecule has 0 amide bonds. The van der Waals surface area contributed by atoms with Gasteiger partial charge in [0.2, 0.25) is 0 Å². The predicted octanol–water partition coefficient (Wildman–Crippen LogP) is 2.41. The molecule has 174 valence electrons. The summed E-state index contributed by atoms with van der Waals surface area (Å²) in [6.45, 7) is 4.94. The number of esters is 2. The Kier molecular flexibility index (Phi) is 5.68. The van der Waals surface area contributed by atoms with Crippen LogP contribution in [0.15, 0.2) is 23.8 Å². The van der Waals surface area contributed by atoms with E-state index in [0.717, 1.165) is 18.4 Å². The van der Waals surface area contributed by atoms with Crippen LogP contribution in [-0.4, -0.2) is 48.4 Å². The third-order valence-corrected chi connectivity index (χ3v) is 8.82. The zero-order valence-electron chi connectivity index (χ0n) is 19.1. The molecule has 3 unspecified atom stereocenters. The van der Waals surface area contributed by atoms with Crippen LogP contribution >= 0.6 is 0 Å². The zero-order chi connectivity index (χ0) is 23.4. The van der Waals surface area contributed by atoms with Crippen molar-refractivity contribution in [1.29, 1.82) is 0 Å². The van der Waals surface area contributed by atoms with Gasteiger partial charge in [-0.1, -0.05) is 25.5 Å². The summed E-state index contributed by atoms with van der Waals surface area (Å²) in [6.07, 6.45) is 6.96. The van der Waals surface area contributed by atoms with Gasteiger partial charge in [-0.2, -0.15) is 0 Å². The van der Waals surface area contributed by atoms with E-state index in [1.54, 1.807) is 12.2 Å². The molecule has 0 aromatic carbocycles. The molecule has 3 fully saturated rings. The number of carbonyl (C=O) groups excluding carboxylic acids is 4. The van der Waals surface area contributed by atoms with Crippen molar-refractivity contribution >= 4 is 23.5 Å². The van der Waals surface area contributed by atoms with Crippen LogP contribution in [-0.2, 0) is 28.7 Å². The standard InChI is InChI=1S/C25H32O7/c1-13(26)32-12-20(29)22-17(23(30)31-4)10-18-16-6-5-14-9-15(27)7-8-24(14,2)21(16)19(28)11-25(18,22)3/h7-9,16-19,21-22,28H,5-6,10-12H2,1-4H3/t16?,17-,18?,19+,21?,22-,24+,25+/m1/s1. The maximum atomic E-state index is 13.2. The molecule has 1 N–H and O–H groups in total. The second-order valence-electron chi connectivity index (χ2n) is 10.4. The summed E-state index contributed by atoms with van der Waals surface area (Å²) in [5.74, 6) is -2.55. The predicted molar refractivity (Wildman–Crippen MR) is 114 cm³/mol. The number of methoxy groups -OCH3 is 1. The Bertz CT molecular complexity index is 917. The average Bonchev–Trinajstić information content (AvgIpc) is 3.04. The van der Waals surface area contributed by atoms with Gasteiger partial charge in [-0.3, -0.25) is 19.2 Å². The fourth-order valence-electron chi connectivity index (χ4n) is 7.61. The third-order valence-electron chi connectivity index (χ3n) is 8.82. The van der Waals surface area contributed by atoms with Crippen molar-refractivity contribution in [1.82, 2.24) is 0 Å². The first-order chi connectivity index (χ1) is 15.0. The first-order valence-electron chi connectivity index (χ1n) is 11.4. The summed E-state index contributed by atoms with van der Waals surface area (Å²) in [4.78, 5) is 49.2. The number of rotatable bonds is 4. The summed E-state index contributed by atoms with van der Waals surface area (Å²) in [5, 5.41) is 11.4. The van der Waals surface area contributed by atoms with Crippen molar-refractivity contribution in [3.63, 3.8) is 0 Å². The molecule has 4 aliphatic carbocycles. The topological polar surface area (TPSA) is 107 Å². The number of allylic oxidation sites excluding steroid dienone is 4. The lowest BCUT2D eigenvalue weighted by Crippen LogP contribution is -2.56. The van der Waals surface area contributed by atoms with E-state index in [1.807, 2.05) is 13.0 Å². The normalized spacial score (nSPS) is 42.3. The van der Waals surface area contributed by atoms with Gasteiger partial charge in [-0.15, -0.1) is 0 Å². The van der Waals surface area contributed by atoms with Gasteiger partial charge in [0, 0.05) is 24.2 Å². The van der Waals surface area contributed by atoms with Gasteiger partial charge in [-0.25, -0.2) is 0 Å². The number of hydrogen-bond acceptors (Lipinski definition) is 7. The lowest BCUT2D eigenvalue weighted by molar-refractivity contribution is -0.157. The first kappa shape index (κ1) is 22.9. The minimum Gasteiger partial charge on any atom is -0.469 e. The van der Waals surface area contributed by atoms with E-state index < -0.39 is 40.7 Å². The molecule has 0 aliphatic heterocycles. The molecule has 0 spiro atoms. The van der Waals surface area contributed by atoms with E-state index in [9.17, 15) is 24.3 Å². The fraction of sp³-hybridized carbons (Fsp3) is 0.680. The molecule has 0 bridgehead atoms. The van der Waals surface area contributed by atoms with Gasteiger partial charge in [0.1, 0.15) is 6.61 Å². The lowest BCUT2D eigenvalue weighted by atomic mass is 9.46. The number of ether oxygens (including phenoxy) is 2. The van der Waals surface area contributed by atoms with Crippen LogP contribution in [0.1, 0.15) is 46.5 Å². The Morgan fingerprint density at radius 2 is 1.97 bits per heavy atom. The van der Waals surface area contributed by atoms with Gasteiger partial charge in [-0.05, 0) is 55.1 Å². The van der Waals surface area contributed by atoms with Crippen molar-refractivity contribution in [2.45, 2.75) is 52.6 Å². The second-order valence-corrected chi connectivity index (χ2v) is 10.4. The second kappa shape index (κ2) is 7.94. The largest absolute Gasteiger partial charge is 0.469 e. The van der Waals surface area contributed by atoms with Crippen LogP contribution in [0, 0.1) is 40.4 Å². The number of carbonyl (C=O) groups is 4. The van der Waals surface area contributed by atoms with Crippen LogP contribution in [0.4, 0.5) is 0 Å². The molecule has 0 aromatic heterocycles. The molecule has 3 saturated carbocycles. The quantitative estimate of drug-likeness (QED) is 0.664. The minimum atomic E-state index is -0.687. The van der Waals surface area contributed by atoms with E-state index in [4.69, 9.17) is 9.47 Å². The van der Waals surface area contributed by atoms with Gasteiger partial charge in [0.25, 0.3) is 0 Å². The molecule has 7 nitrogen and oxygen atoms in total.